The van der Waals surface area contributed by atoms with Crippen LogP contribution < -0.4 is 4.90 Å². The molecule has 0 bridgehead atoms. The van der Waals surface area contributed by atoms with Crippen molar-refractivity contribution in [3.8, 4) is 0 Å². The molecule has 0 aliphatic carbocycles. The van der Waals surface area contributed by atoms with Crippen LogP contribution in [0.5, 0.6) is 0 Å². The summed E-state index contributed by atoms with van der Waals surface area (Å²) in [4.78, 5) is 20.5. The molecule has 1 aliphatic rings. The van der Waals surface area contributed by atoms with E-state index < -0.39 is 5.60 Å². The largest absolute Gasteiger partial charge is 0.439 e. The SMILES string of the molecule is CCc1c(C2(c3ccc(N(CC)CC)cc3C)OC(=O)c3cccnc32)c2ccccc2n1CC. The van der Waals surface area contributed by atoms with E-state index in [1.165, 1.54) is 11.4 Å². The zero-order chi connectivity index (χ0) is 24.7. The first kappa shape index (κ1) is 23.2. The molecule has 1 atom stereocenters. The summed E-state index contributed by atoms with van der Waals surface area (Å²) in [6.45, 7) is 13.5. The topological polar surface area (TPSA) is 47.4 Å². The Morgan fingerprint density at radius 1 is 1.00 bits per heavy atom. The third-order valence-corrected chi connectivity index (χ3v) is 7.41. The highest BCUT2D eigenvalue weighted by molar-refractivity contribution is 5.98. The Bertz CT molecular complexity index is 1420. The van der Waals surface area contributed by atoms with Gasteiger partial charge in [0.15, 0.2) is 0 Å². The number of carbonyl (C=O) groups excluding carboxylic acids is 1. The summed E-state index contributed by atoms with van der Waals surface area (Å²) in [5, 5.41) is 1.10. The molecule has 0 N–H and O–H groups in total. The molecule has 0 amide bonds. The first-order valence-corrected chi connectivity index (χ1v) is 12.7. The van der Waals surface area contributed by atoms with E-state index >= 15 is 0 Å². The Hall–Kier alpha value is -3.60. The minimum absolute atomic E-state index is 0.323. The Morgan fingerprint density at radius 2 is 1.77 bits per heavy atom. The number of esters is 1. The van der Waals surface area contributed by atoms with E-state index in [2.05, 4.69) is 86.6 Å². The molecule has 5 heteroatoms. The molecular formula is C30H33N3O2. The average Bonchev–Trinajstić information content (AvgIpc) is 3.37. The molecule has 5 nitrogen and oxygen atoms in total. The lowest BCUT2D eigenvalue weighted by atomic mass is 9.78. The van der Waals surface area contributed by atoms with E-state index in [-0.39, 0.29) is 5.97 Å². The number of hydrogen-bond donors (Lipinski definition) is 0. The lowest BCUT2D eigenvalue weighted by molar-refractivity contribution is 0.0243. The number of aryl methyl sites for hydroxylation is 2. The van der Waals surface area contributed by atoms with Crippen molar-refractivity contribution in [3.05, 3.63) is 94.4 Å². The molecule has 1 aliphatic heterocycles. The van der Waals surface area contributed by atoms with Crippen molar-refractivity contribution in [2.75, 3.05) is 18.0 Å². The summed E-state index contributed by atoms with van der Waals surface area (Å²) in [7, 11) is 0. The van der Waals surface area contributed by atoms with Crippen LogP contribution >= 0.6 is 0 Å². The highest BCUT2D eigenvalue weighted by atomic mass is 16.6. The molecular weight excluding hydrogens is 434 g/mol. The van der Waals surface area contributed by atoms with Crippen LogP contribution in [-0.2, 0) is 23.3 Å². The number of nitrogens with zero attached hydrogens (tertiary/aromatic N) is 3. The molecule has 3 heterocycles. The van der Waals surface area contributed by atoms with Crippen molar-refractivity contribution in [1.29, 1.82) is 0 Å². The van der Waals surface area contributed by atoms with Gasteiger partial charge in [-0.2, -0.15) is 0 Å². The number of rotatable bonds is 7. The number of pyridine rings is 1. The maximum Gasteiger partial charge on any atom is 0.341 e. The second kappa shape index (κ2) is 8.88. The number of anilines is 1. The van der Waals surface area contributed by atoms with E-state index in [4.69, 9.17) is 9.72 Å². The monoisotopic (exact) mass is 467 g/mol. The average molecular weight is 468 g/mol. The Morgan fingerprint density at radius 3 is 2.46 bits per heavy atom. The minimum atomic E-state index is -1.11. The van der Waals surface area contributed by atoms with Gasteiger partial charge in [0.25, 0.3) is 0 Å². The third kappa shape index (κ3) is 3.28. The van der Waals surface area contributed by atoms with E-state index in [1.54, 1.807) is 6.20 Å². The molecule has 35 heavy (non-hydrogen) atoms. The Kier molecular flexibility index (Phi) is 5.87. The number of ether oxygens (including phenoxy) is 1. The van der Waals surface area contributed by atoms with Crippen molar-refractivity contribution < 1.29 is 9.53 Å². The predicted molar refractivity (Wildman–Crippen MR) is 141 cm³/mol. The molecule has 0 fully saturated rings. The zero-order valence-electron chi connectivity index (χ0n) is 21.3. The summed E-state index contributed by atoms with van der Waals surface area (Å²) in [5.41, 5.74) is 6.68. The van der Waals surface area contributed by atoms with Crippen LogP contribution in [0.15, 0.2) is 60.8 Å². The van der Waals surface area contributed by atoms with Crippen LogP contribution in [0.4, 0.5) is 5.69 Å². The van der Waals surface area contributed by atoms with Crippen LogP contribution in [0.25, 0.3) is 10.9 Å². The van der Waals surface area contributed by atoms with Crippen molar-refractivity contribution in [1.82, 2.24) is 9.55 Å². The molecule has 0 radical (unpaired) electrons. The minimum Gasteiger partial charge on any atom is -0.439 e. The van der Waals surface area contributed by atoms with E-state index in [1.807, 2.05) is 12.1 Å². The highest BCUT2D eigenvalue weighted by Crippen LogP contribution is 2.51. The summed E-state index contributed by atoms with van der Waals surface area (Å²) in [6.07, 6.45) is 2.58. The molecule has 1 unspecified atom stereocenters. The van der Waals surface area contributed by atoms with Gasteiger partial charge < -0.3 is 14.2 Å². The summed E-state index contributed by atoms with van der Waals surface area (Å²) >= 11 is 0. The first-order chi connectivity index (χ1) is 17.0. The fraction of sp³-hybridized carbons (Fsp3) is 0.333. The number of hydrogen-bond acceptors (Lipinski definition) is 4. The van der Waals surface area contributed by atoms with Crippen LogP contribution in [0.1, 0.15) is 66.1 Å². The lowest BCUT2D eigenvalue weighted by Gasteiger charge is -2.32. The van der Waals surface area contributed by atoms with E-state index in [0.29, 0.717) is 11.3 Å². The number of carbonyl (C=O) groups is 1. The second-order valence-corrected chi connectivity index (χ2v) is 9.08. The van der Waals surface area contributed by atoms with Crippen LogP contribution in [0.3, 0.4) is 0 Å². The standard InChI is InChI=1S/C30H33N3O2/c1-6-25-27(22-13-10-11-15-26(22)33(25)9-4)30(28-23(29(34)35-30)14-12-18-31-28)24-17-16-21(19-20(24)5)32(7-2)8-3/h10-19H,6-9H2,1-5H3. The van der Waals surface area contributed by atoms with Gasteiger partial charge >= 0.3 is 5.97 Å². The van der Waals surface area contributed by atoms with Gasteiger partial charge in [0.2, 0.25) is 5.60 Å². The number of benzene rings is 2. The smallest absolute Gasteiger partial charge is 0.341 e. The Balaban J connectivity index is 1.90. The predicted octanol–water partition coefficient (Wildman–Crippen LogP) is 6.24. The van der Waals surface area contributed by atoms with E-state index in [9.17, 15) is 4.79 Å². The fourth-order valence-corrected chi connectivity index (χ4v) is 5.89. The third-order valence-electron chi connectivity index (χ3n) is 7.41. The fourth-order valence-electron chi connectivity index (χ4n) is 5.89. The van der Waals surface area contributed by atoms with Crippen molar-refractivity contribution in [3.63, 3.8) is 0 Å². The maximum absolute atomic E-state index is 13.3. The van der Waals surface area contributed by atoms with Gasteiger partial charge in [0.05, 0.1) is 5.56 Å². The summed E-state index contributed by atoms with van der Waals surface area (Å²) < 4.78 is 8.85. The van der Waals surface area contributed by atoms with Crippen molar-refractivity contribution in [2.24, 2.45) is 0 Å². The van der Waals surface area contributed by atoms with Gasteiger partial charge in [-0.05, 0) is 70.0 Å². The highest BCUT2D eigenvalue weighted by Gasteiger charge is 2.53. The number of fused-ring (bicyclic) bond motifs is 2. The molecule has 180 valence electrons. The molecule has 0 spiro atoms. The van der Waals surface area contributed by atoms with Gasteiger partial charge in [-0.3, -0.25) is 4.98 Å². The van der Waals surface area contributed by atoms with E-state index in [0.717, 1.165) is 53.6 Å². The Labute approximate surface area is 207 Å². The number of para-hydroxylation sites is 1. The van der Waals surface area contributed by atoms with Crippen LogP contribution in [0, 0.1) is 6.92 Å². The van der Waals surface area contributed by atoms with Gasteiger partial charge in [0.1, 0.15) is 5.69 Å². The van der Waals surface area contributed by atoms with Crippen molar-refractivity contribution >= 4 is 22.6 Å². The lowest BCUT2D eigenvalue weighted by Crippen LogP contribution is -2.33. The molecule has 0 saturated carbocycles. The number of cyclic esters (lactones) is 1. The normalized spacial score (nSPS) is 17.0. The summed E-state index contributed by atoms with van der Waals surface area (Å²) in [5.74, 6) is -0.323. The molecule has 5 rings (SSSR count). The summed E-state index contributed by atoms with van der Waals surface area (Å²) in [6, 6.07) is 18.6. The second-order valence-electron chi connectivity index (χ2n) is 9.08. The number of aromatic nitrogens is 2. The van der Waals surface area contributed by atoms with Crippen LogP contribution in [0.2, 0.25) is 0 Å². The van der Waals surface area contributed by atoms with Gasteiger partial charge in [-0.1, -0.05) is 31.2 Å². The van der Waals surface area contributed by atoms with Crippen molar-refractivity contribution in [2.45, 2.75) is 53.2 Å². The van der Waals surface area contributed by atoms with Gasteiger partial charge in [0, 0.05) is 59.2 Å². The molecule has 2 aromatic heterocycles. The first-order valence-electron chi connectivity index (χ1n) is 12.7. The molecule has 4 aromatic rings. The molecule has 2 aromatic carbocycles. The van der Waals surface area contributed by atoms with Gasteiger partial charge in [-0.15, -0.1) is 0 Å². The maximum atomic E-state index is 13.3. The quantitative estimate of drug-likeness (QED) is 0.302. The molecule has 0 saturated heterocycles. The van der Waals surface area contributed by atoms with Crippen LogP contribution in [-0.4, -0.2) is 28.6 Å². The van der Waals surface area contributed by atoms with Gasteiger partial charge in [-0.25, -0.2) is 4.79 Å². The zero-order valence-corrected chi connectivity index (χ0v) is 21.3.